The molecule has 0 spiro atoms. The van der Waals surface area contributed by atoms with Gasteiger partial charge in [-0.25, -0.2) is 26.3 Å². The Morgan fingerprint density at radius 1 is 0.676 bits per heavy atom. The minimum Gasteiger partial charge on any atom is -0.355 e. The maximum Gasteiger partial charge on any atom is 0.257 e. The Kier molecular flexibility index (Phi) is 23.2. The molecule has 3 heterocycles. The highest BCUT2D eigenvalue weighted by molar-refractivity contribution is 7.93. The van der Waals surface area contributed by atoms with Crippen LogP contribution in [0, 0.1) is 11.8 Å². The number of hydrogen-bond donors (Lipinski definition) is 2. The number of benzene rings is 1. The smallest absolute Gasteiger partial charge is 0.257 e. The number of sulfonamides is 2. The van der Waals surface area contributed by atoms with Crippen LogP contribution in [0.4, 0.5) is 28.7 Å². The molecule has 0 aliphatic carbocycles. The van der Waals surface area contributed by atoms with Gasteiger partial charge in [-0.3, -0.25) is 0 Å². The average Bonchev–Trinajstić information content (AvgIpc) is 3.95. The molecular weight excluding hydrogens is 975 g/mol. The van der Waals surface area contributed by atoms with E-state index in [1.54, 1.807) is 52.7 Å². The van der Waals surface area contributed by atoms with E-state index in [0.717, 1.165) is 51.4 Å². The highest BCUT2D eigenvalue weighted by atomic mass is 32.2. The van der Waals surface area contributed by atoms with E-state index in [9.17, 15) is 16.8 Å². The quantitative estimate of drug-likeness (QED) is 0.0467. The second-order valence-corrected chi connectivity index (χ2v) is 24.2. The summed E-state index contributed by atoms with van der Waals surface area (Å²) in [4.78, 5) is 19.1. The number of rotatable bonds is 30. The fourth-order valence-corrected chi connectivity index (χ4v) is 10.8. The number of aromatic nitrogens is 7. The molecule has 410 valence electrons. The van der Waals surface area contributed by atoms with E-state index in [1.165, 1.54) is 12.5 Å². The number of nitrogens with zero attached hydrogens (tertiary/aromatic N) is 13. The van der Waals surface area contributed by atoms with Crippen molar-refractivity contribution in [3.63, 3.8) is 0 Å². The van der Waals surface area contributed by atoms with E-state index in [0.29, 0.717) is 79.4 Å². The van der Waals surface area contributed by atoms with E-state index in [1.807, 2.05) is 27.7 Å². The Bertz CT molecular complexity index is 2740. The van der Waals surface area contributed by atoms with Crippen LogP contribution < -0.4 is 19.2 Å². The number of nitrogens with one attached hydrogen (secondary N) is 2. The molecular formula is C53H87N15O4S2. The molecule has 0 radical (unpaired) electrons. The topological polar surface area (TPSA) is 223 Å². The zero-order valence-corrected chi connectivity index (χ0v) is 48.8. The highest BCUT2D eigenvalue weighted by Gasteiger charge is 2.34. The van der Waals surface area contributed by atoms with E-state index in [2.05, 4.69) is 109 Å². The summed E-state index contributed by atoms with van der Waals surface area (Å²) in [5.41, 5.74) is 1.83. The molecule has 0 fully saturated rings. The van der Waals surface area contributed by atoms with E-state index >= 15 is 0 Å². The van der Waals surface area contributed by atoms with Crippen molar-refractivity contribution in [3.8, 4) is 11.9 Å². The van der Waals surface area contributed by atoms with Gasteiger partial charge >= 0.3 is 0 Å². The predicted octanol–water partition coefficient (Wildman–Crippen LogP) is 12.5. The van der Waals surface area contributed by atoms with Crippen LogP contribution in [-0.4, -0.2) is 90.6 Å². The maximum atomic E-state index is 13.3. The normalized spacial score (nSPS) is 14.0. The monoisotopic (exact) mass is 1060 g/mol. The van der Waals surface area contributed by atoms with Crippen molar-refractivity contribution in [2.24, 2.45) is 32.3 Å². The Hall–Kier alpha value is -5.25. The highest BCUT2D eigenvalue weighted by Crippen LogP contribution is 2.43. The summed E-state index contributed by atoms with van der Waals surface area (Å²) in [6.45, 7) is 33.9. The van der Waals surface area contributed by atoms with Crippen LogP contribution in [0.3, 0.4) is 0 Å². The molecule has 4 rings (SSSR count). The van der Waals surface area contributed by atoms with Crippen molar-refractivity contribution in [1.29, 1.82) is 0 Å². The molecule has 2 N–H and O–H groups in total. The molecule has 2 unspecified atom stereocenters. The third-order valence-corrected chi connectivity index (χ3v) is 16.2. The second-order valence-electron chi connectivity index (χ2n) is 20.6. The van der Waals surface area contributed by atoms with Crippen molar-refractivity contribution in [2.75, 3.05) is 49.1 Å². The lowest BCUT2D eigenvalue weighted by Crippen LogP contribution is -2.30. The number of anilines is 2. The number of azo groups is 2. The third-order valence-electron chi connectivity index (χ3n) is 13.1. The largest absolute Gasteiger partial charge is 0.355 e. The molecule has 0 aliphatic rings. The molecule has 3 aromatic heterocycles. The van der Waals surface area contributed by atoms with Crippen molar-refractivity contribution in [1.82, 2.24) is 44.0 Å². The lowest BCUT2D eigenvalue weighted by Gasteiger charge is -2.23. The van der Waals surface area contributed by atoms with Gasteiger partial charge in [-0.05, 0) is 83.6 Å². The van der Waals surface area contributed by atoms with Gasteiger partial charge in [0.2, 0.25) is 20.0 Å². The van der Waals surface area contributed by atoms with Crippen LogP contribution in [0.15, 0.2) is 79.2 Å². The molecule has 1 aromatic carbocycles. The summed E-state index contributed by atoms with van der Waals surface area (Å²) in [6, 6.07) is 6.41. The first kappa shape index (κ1) is 61.3. The van der Waals surface area contributed by atoms with E-state index in [-0.39, 0.29) is 40.0 Å². The van der Waals surface area contributed by atoms with Gasteiger partial charge in [0, 0.05) is 62.7 Å². The Morgan fingerprint density at radius 2 is 1.15 bits per heavy atom. The van der Waals surface area contributed by atoms with Gasteiger partial charge < -0.3 is 9.80 Å². The van der Waals surface area contributed by atoms with E-state index in [4.69, 9.17) is 25.4 Å². The molecule has 0 amide bonds. The van der Waals surface area contributed by atoms with Crippen LogP contribution in [-0.2, 0) is 30.9 Å². The molecule has 0 aliphatic heterocycles. The van der Waals surface area contributed by atoms with Crippen LogP contribution in [0.1, 0.15) is 173 Å². The summed E-state index contributed by atoms with van der Waals surface area (Å²) in [5.74, 6) is 2.28. The Balaban J connectivity index is 1.79. The van der Waals surface area contributed by atoms with Gasteiger partial charge in [-0.15, -0.1) is 10.2 Å². The minimum absolute atomic E-state index is 0.151. The summed E-state index contributed by atoms with van der Waals surface area (Å²) in [6.07, 6.45) is 14.5. The molecule has 0 bridgehead atoms. The molecule has 19 nitrogen and oxygen atoms in total. The van der Waals surface area contributed by atoms with Gasteiger partial charge in [0.25, 0.3) is 11.9 Å². The van der Waals surface area contributed by atoms with Crippen LogP contribution >= 0.6 is 0 Å². The van der Waals surface area contributed by atoms with Crippen LogP contribution in [0.5, 0.6) is 0 Å². The van der Waals surface area contributed by atoms with Crippen molar-refractivity contribution >= 4 is 48.7 Å². The minimum atomic E-state index is -3.72. The van der Waals surface area contributed by atoms with Gasteiger partial charge in [0.15, 0.2) is 23.0 Å². The molecule has 4 aromatic rings. The van der Waals surface area contributed by atoms with Crippen molar-refractivity contribution in [2.45, 2.75) is 177 Å². The van der Waals surface area contributed by atoms with Gasteiger partial charge in [0.05, 0.1) is 26.9 Å². The Labute approximate surface area is 443 Å². The third kappa shape index (κ3) is 16.1. The van der Waals surface area contributed by atoms with Gasteiger partial charge in [-0.2, -0.15) is 44.7 Å². The average molecular weight is 1060 g/mol. The fraction of sp³-hybridized carbons (Fsp3) is 0.642. The first-order valence-corrected chi connectivity index (χ1v) is 29.7. The van der Waals surface area contributed by atoms with Gasteiger partial charge in [0.1, 0.15) is 6.33 Å². The molecule has 74 heavy (non-hydrogen) atoms. The fourth-order valence-electron chi connectivity index (χ4n) is 8.38. The van der Waals surface area contributed by atoms with E-state index < -0.39 is 30.9 Å². The molecule has 0 saturated carbocycles. The summed E-state index contributed by atoms with van der Waals surface area (Å²) in [7, 11) is -7.40. The van der Waals surface area contributed by atoms with Gasteiger partial charge in [-0.1, -0.05) is 120 Å². The summed E-state index contributed by atoms with van der Waals surface area (Å²) >= 11 is 0. The zero-order valence-electron chi connectivity index (χ0n) is 47.1. The van der Waals surface area contributed by atoms with Crippen LogP contribution in [0.2, 0.25) is 0 Å². The summed E-state index contributed by atoms with van der Waals surface area (Å²) in [5, 5.41) is 29.0. The predicted molar refractivity (Wildman–Crippen MR) is 300 cm³/mol. The first-order valence-electron chi connectivity index (χ1n) is 26.8. The molecule has 0 saturated heterocycles. The standard InChI is InChI=1S/C53H87N15O4S2/c1-16-25-28-39(18-3)36-57-73(69,70)42(20-5)30-27-35-56-61-44-46(52(10,11)12)63-67(48(44)65(21-6)22-7)50-54-38-55-51(59-50)68-49(66(23-8)24-9)45(47(64-68)53(13,14)15)62-60-41-31-33-43(34-32-41)74(71,72)58-37-40(19-4)29-26-17-2/h20,27,31-35,38-40,57-58H,16-19,21-26,28-30,36-37H2,1-15H3/b35-27+,42-20?,61-56?,62-60?. The molecule has 21 heteroatoms. The SMILES string of the molecule is CC=C(C/C=C/N=Nc1c(C(C)(C)C)nn(-c2ncnc(-n3nc(C(C)(C)C)c(N=Nc4ccc(S(=O)(=O)NCC(CC)CCCC)cc4)c3N(CC)CC)n2)c1N(CC)CC)S(=O)(=O)NCC(CC)CCCC. The summed E-state index contributed by atoms with van der Waals surface area (Å²) < 4.78 is 62.2. The first-order chi connectivity index (χ1) is 35.1. The lowest BCUT2D eigenvalue weighted by atomic mass is 9.91. The van der Waals surface area contributed by atoms with Crippen LogP contribution in [0.25, 0.3) is 11.9 Å². The second kappa shape index (κ2) is 28.0. The number of hydrogen-bond acceptors (Lipinski definition) is 15. The lowest BCUT2D eigenvalue weighted by molar-refractivity contribution is 0.443. The number of unbranched alkanes of at least 4 members (excludes halogenated alkanes) is 2. The molecule has 2 atom stereocenters. The zero-order chi connectivity index (χ0) is 54.9. The van der Waals surface area contributed by atoms with Crippen molar-refractivity contribution in [3.05, 3.63) is 65.2 Å². The maximum absolute atomic E-state index is 13.3. The van der Waals surface area contributed by atoms with Crippen molar-refractivity contribution < 1.29 is 16.8 Å². The Morgan fingerprint density at radius 3 is 1.58 bits per heavy atom. The number of allylic oxidation sites excluding steroid dienone is 3.